The minimum Gasteiger partial charge on any atom is -0.493 e. The summed E-state index contributed by atoms with van der Waals surface area (Å²) >= 11 is 0. The first-order valence-corrected chi connectivity index (χ1v) is 11.5. The third-order valence-electron chi connectivity index (χ3n) is 5.39. The molecule has 0 aliphatic rings. The normalized spacial score (nSPS) is 11.6. The summed E-state index contributed by atoms with van der Waals surface area (Å²) < 4.78 is 11.6. The molecule has 0 radical (unpaired) electrons. The van der Waals surface area contributed by atoms with Crippen molar-refractivity contribution in [3.05, 3.63) is 145 Å². The average Bonchev–Trinajstić information content (AvgIpc) is 2.89. The van der Waals surface area contributed by atoms with Crippen molar-refractivity contribution in [1.29, 1.82) is 0 Å². The molecule has 0 fully saturated rings. The van der Waals surface area contributed by atoms with Gasteiger partial charge < -0.3 is 14.6 Å². The number of hydrogen-bond acceptors (Lipinski definition) is 3. The maximum absolute atomic E-state index is 12.0. The predicted molar refractivity (Wildman–Crippen MR) is 140 cm³/mol. The lowest BCUT2D eigenvalue weighted by Crippen LogP contribution is -2.28. The highest BCUT2D eigenvalue weighted by atomic mass is 16.5. The molecule has 3 aromatic rings. The lowest BCUT2D eigenvalue weighted by Gasteiger charge is -2.30. The number of aliphatic hydroxyl groups is 1. The summed E-state index contributed by atoms with van der Waals surface area (Å²) in [6.07, 6.45) is 13.0. The molecular weight excluding hydrogens is 420 g/mol. The zero-order valence-corrected chi connectivity index (χ0v) is 19.5. The van der Waals surface area contributed by atoms with E-state index in [-0.39, 0.29) is 0 Å². The Morgan fingerprint density at radius 1 is 0.618 bits per heavy atom. The van der Waals surface area contributed by atoms with Crippen molar-refractivity contribution < 1.29 is 14.6 Å². The molecule has 0 amide bonds. The molecule has 0 bridgehead atoms. The van der Waals surface area contributed by atoms with E-state index < -0.39 is 5.60 Å². The van der Waals surface area contributed by atoms with Crippen LogP contribution >= 0.6 is 0 Å². The Morgan fingerprint density at radius 2 is 1.03 bits per heavy atom. The van der Waals surface area contributed by atoms with Crippen molar-refractivity contribution >= 4 is 0 Å². The minimum absolute atomic E-state index is 0.581. The predicted octanol–water partition coefficient (Wildman–Crippen LogP) is 6.99. The molecule has 0 atom stereocenters. The molecule has 174 valence electrons. The van der Waals surface area contributed by atoms with Crippen molar-refractivity contribution in [2.75, 3.05) is 13.2 Å². The molecule has 3 heteroatoms. The molecule has 0 saturated carbocycles. The summed E-state index contributed by atoms with van der Waals surface area (Å²) in [6, 6.07) is 24.9. The Bertz CT molecular complexity index is 1010. The van der Waals surface area contributed by atoms with Crippen molar-refractivity contribution in [3.8, 4) is 11.5 Å². The summed E-state index contributed by atoms with van der Waals surface area (Å²) in [5, 5.41) is 12.0. The van der Waals surface area contributed by atoms with Gasteiger partial charge in [-0.1, -0.05) is 104 Å². The fraction of sp³-hybridized carbons (Fsp3) is 0.161. The molecule has 1 N–H and O–H groups in total. The summed E-state index contributed by atoms with van der Waals surface area (Å²) in [4.78, 5) is 0. The fourth-order valence-corrected chi connectivity index (χ4v) is 3.64. The molecule has 0 aromatic heterocycles. The van der Waals surface area contributed by atoms with Gasteiger partial charge in [0.15, 0.2) is 0 Å². The average molecular weight is 453 g/mol. The quantitative estimate of drug-likeness (QED) is 0.172. The van der Waals surface area contributed by atoms with E-state index in [2.05, 4.69) is 13.2 Å². The van der Waals surface area contributed by atoms with Crippen molar-refractivity contribution in [2.24, 2.45) is 0 Å². The van der Waals surface area contributed by atoms with Crippen LogP contribution in [0.25, 0.3) is 0 Å². The van der Waals surface area contributed by atoms with Crippen LogP contribution in [0.2, 0.25) is 0 Å². The van der Waals surface area contributed by atoms with E-state index in [0.717, 1.165) is 41.0 Å². The first kappa shape index (κ1) is 24.8. The van der Waals surface area contributed by atoms with Crippen LogP contribution in [0, 0.1) is 0 Å². The largest absolute Gasteiger partial charge is 0.493 e. The molecule has 3 rings (SSSR count). The third-order valence-corrected chi connectivity index (χ3v) is 5.39. The number of benzene rings is 3. The topological polar surface area (TPSA) is 38.7 Å². The van der Waals surface area contributed by atoms with E-state index in [9.17, 15) is 5.11 Å². The highest BCUT2D eigenvalue weighted by Crippen LogP contribution is 2.37. The zero-order chi connectivity index (χ0) is 24.1. The Labute approximate surface area is 203 Å². The number of hydrogen-bond donors (Lipinski definition) is 1. The molecule has 0 spiro atoms. The van der Waals surface area contributed by atoms with Gasteiger partial charge in [-0.3, -0.25) is 0 Å². The maximum atomic E-state index is 12.0. The van der Waals surface area contributed by atoms with Gasteiger partial charge in [-0.25, -0.2) is 0 Å². The van der Waals surface area contributed by atoms with Gasteiger partial charge in [-0.2, -0.15) is 0 Å². The fourth-order valence-electron chi connectivity index (χ4n) is 3.64. The van der Waals surface area contributed by atoms with Crippen LogP contribution < -0.4 is 9.47 Å². The highest BCUT2D eigenvalue weighted by Gasteiger charge is 2.33. The number of rotatable bonds is 13. The van der Waals surface area contributed by atoms with Gasteiger partial charge in [0.2, 0.25) is 0 Å². The molecule has 3 nitrogen and oxygen atoms in total. The standard InChI is InChI=1S/C31H32O3/c1-3-5-7-12-24-33-29-20-16-27(17-21-29)31(32,26-14-10-9-11-15-26)28-18-22-30(23-19-28)34-25-13-8-6-4-2/h3-11,14-23,32H,1-2,12-13,24-25H2/b7-5+,8-6+. The van der Waals surface area contributed by atoms with Gasteiger partial charge in [0.1, 0.15) is 17.1 Å². The van der Waals surface area contributed by atoms with Gasteiger partial charge in [0, 0.05) is 0 Å². The molecule has 0 aliphatic heterocycles. The molecule has 0 aliphatic carbocycles. The Morgan fingerprint density at radius 3 is 1.44 bits per heavy atom. The van der Waals surface area contributed by atoms with Gasteiger partial charge in [0.25, 0.3) is 0 Å². The van der Waals surface area contributed by atoms with E-state index in [0.29, 0.717) is 13.2 Å². The monoisotopic (exact) mass is 452 g/mol. The van der Waals surface area contributed by atoms with Gasteiger partial charge in [-0.15, -0.1) is 0 Å². The second-order valence-corrected chi connectivity index (χ2v) is 7.73. The smallest absolute Gasteiger partial charge is 0.140 e. The van der Waals surface area contributed by atoms with E-state index in [1.54, 1.807) is 12.2 Å². The van der Waals surface area contributed by atoms with Crippen molar-refractivity contribution in [2.45, 2.75) is 18.4 Å². The molecule has 0 heterocycles. The van der Waals surface area contributed by atoms with Crippen LogP contribution in [-0.2, 0) is 5.60 Å². The molecule has 0 saturated heterocycles. The summed E-state index contributed by atoms with van der Waals surface area (Å²) in [5.74, 6) is 1.53. The summed E-state index contributed by atoms with van der Waals surface area (Å²) in [6.45, 7) is 8.49. The second kappa shape index (κ2) is 13.0. The van der Waals surface area contributed by atoms with E-state index in [4.69, 9.17) is 9.47 Å². The number of ether oxygens (including phenoxy) is 2. The molecule has 0 unspecified atom stereocenters. The Kier molecular flexibility index (Phi) is 9.51. The highest BCUT2D eigenvalue weighted by molar-refractivity contribution is 5.49. The first-order chi connectivity index (χ1) is 16.7. The van der Waals surface area contributed by atoms with Crippen LogP contribution in [0.1, 0.15) is 29.5 Å². The lowest BCUT2D eigenvalue weighted by molar-refractivity contribution is 0.125. The van der Waals surface area contributed by atoms with Crippen LogP contribution in [-0.4, -0.2) is 18.3 Å². The van der Waals surface area contributed by atoms with Crippen LogP contribution in [0.4, 0.5) is 0 Å². The maximum Gasteiger partial charge on any atom is 0.140 e. The summed E-state index contributed by atoms with van der Waals surface area (Å²) in [5.41, 5.74) is 1.01. The van der Waals surface area contributed by atoms with Crippen molar-refractivity contribution in [3.63, 3.8) is 0 Å². The summed E-state index contributed by atoms with van der Waals surface area (Å²) in [7, 11) is 0. The van der Waals surface area contributed by atoms with E-state index in [1.165, 1.54) is 0 Å². The molecule has 3 aromatic carbocycles. The second-order valence-electron chi connectivity index (χ2n) is 7.73. The number of allylic oxidation sites excluding steroid dienone is 4. The van der Waals surface area contributed by atoms with Crippen molar-refractivity contribution in [1.82, 2.24) is 0 Å². The molecule has 34 heavy (non-hydrogen) atoms. The first-order valence-electron chi connectivity index (χ1n) is 11.5. The Hall–Kier alpha value is -3.82. The lowest BCUT2D eigenvalue weighted by atomic mass is 9.80. The van der Waals surface area contributed by atoms with E-state index >= 15 is 0 Å². The van der Waals surface area contributed by atoms with E-state index in [1.807, 2.05) is 103 Å². The molecular formula is C31H32O3. The minimum atomic E-state index is -1.31. The van der Waals surface area contributed by atoms with Gasteiger partial charge in [0.05, 0.1) is 13.2 Å². The Balaban J connectivity index is 1.80. The van der Waals surface area contributed by atoms with Gasteiger partial charge in [-0.05, 0) is 53.8 Å². The van der Waals surface area contributed by atoms with Crippen LogP contribution in [0.5, 0.6) is 11.5 Å². The third kappa shape index (κ3) is 6.60. The zero-order valence-electron chi connectivity index (χ0n) is 19.5. The van der Waals surface area contributed by atoms with Crippen LogP contribution in [0.3, 0.4) is 0 Å². The van der Waals surface area contributed by atoms with Crippen LogP contribution in [0.15, 0.2) is 128 Å². The van der Waals surface area contributed by atoms with Gasteiger partial charge >= 0.3 is 0 Å². The SMILES string of the molecule is C=C/C=C/CCOc1ccc(C(O)(c2ccccc2)c2ccc(OCC/C=C/C=C)cc2)cc1.